The number of piperazine rings is 1. The number of furan rings is 1. The highest BCUT2D eigenvalue weighted by molar-refractivity contribution is 5.97. The lowest BCUT2D eigenvalue weighted by molar-refractivity contribution is -0.384. The Hall–Kier alpha value is -4.17. The molecule has 1 amide bonds. The Balaban J connectivity index is 1.27. The van der Waals surface area contributed by atoms with Crippen LogP contribution in [0, 0.1) is 10.1 Å². The summed E-state index contributed by atoms with van der Waals surface area (Å²) < 4.78 is 7.44. The number of nitro benzene ring substituents is 1. The van der Waals surface area contributed by atoms with Crippen LogP contribution >= 0.6 is 0 Å². The number of rotatable bonds is 7. The van der Waals surface area contributed by atoms with Crippen molar-refractivity contribution in [1.82, 2.24) is 14.4 Å². The fourth-order valence-corrected chi connectivity index (χ4v) is 4.47. The number of non-ortho nitro benzene ring substituents is 1. The van der Waals surface area contributed by atoms with Gasteiger partial charge in [0.1, 0.15) is 5.69 Å². The molecule has 1 fully saturated rings. The molecule has 0 atom stereocenters. The van der Waals surface area contributed by atoms with Crippen LogP contribution in [0.3, 0.4) is 0 Å². The van der Waals surface area contributed by atoms with Gasteiger partial charge in [0.2, 0.25) is 0 Å². The minimum atomic E-state index is -0.410. The van der Waals surface area contributed by atoms with Crippen molar-refractivity contribution >= 4 is 28.8 Å². The van der Waals surface area contributed by atoms with E-state index in [1.807, 2.05) is 39.8 Å². The molecule has 0 unspecified atom stereocenters. The SMILES string of the molecule is O=C(c1cc2occc2n1Cc1cccc([N+](=O)[O-])c1)N1CCN(C/C=C/c2ccccc2)CC1. The summed E-state index contributed by atoms with van der Waals surface area (Å²) in [5.74, 6) is -0.0543. The maximum atomic E-state index is 13.5. The molecule has 2 aromatic carbocycles. The summed E-state index contributed by atoms with van der Waals surface area (Å²) in [5.41, 5.74) is 3.91. The topological polar surface area (TPSA) is 84.8 Å². The van der Waals surface area contributed by atoms with Crippen molar-refractivity contribution in [2.24, 2.45) is 0 Å². The number of amides is 1. The van der Waals surface area contributed by atoms with Crippen LogP contribution in [0.5, 0.6) is 0 Å². The zero-order valence-electron chi connectivity index (χ0n) is 19.2. The van der Waals surface area contributed by atoms with E-state index < -0.39 is 4.92 Å². The van der Waals surface area contributed by atoms with Crippen molar-refractivity contribution in [2.75, 3.05) is 32.7 Å². The molecular weight excluding hydrogens is 444 g/mol. The van der Waals surface area contributed by atoms with E-state index in [-0.39, 0.29) is 11.6 Å². The number of nitro groups is 1. The largest absolute Gasteiger partial charge is 0.463 e. The van der Waals surface area contributed by atoms with E-state index in [2.05, 4.69) is 29.2 Å². The summed E-state index contributed by atoms with van der Waals surface area (Å²) >= 11 is 0. The van der Waals surface area contributed by atoms with Crippen LogP contribution in [0.4, 0.5) is 5.69 Å². The maximum absolute atomic E-state index is 13.5. The molecule has 1 saturated heterocycles. The van der Waals surface area contributed by atoms with Crippen molar-refractivity contribution in [1.29, 1.82) is 0 Å². The van der Waals surface area contributed by atoms with E-state index in [0.29, 0.717) is 30.9 Å². The number of hydrogen-bond acceptors (Lipinski definition) is 5. The highest BCUT2D eigenvalue weighted by Gasteiger charge is 2.26. The van der Waals surface area contributed by atoms with Crippen LogP contribution in [-0.2, 0) is 6.54 Å². The van der Waals surface area contributed by atoms with Gasteiger partial charge in [-0.05, 0) is 11.1 Å². The van der Waals surface area contributed by atoms with Crippen molar-refractivity contribution in [2.45, 2.75) is 6.54 Å². The Labute approximate surface area is 202 Å². The first-order valence-corrected chi connectivity index (χ1v) is 11.6. The van der Waals surface area contributed by atoms with Gasteiger partial charge in [-0.15, -0.1) is 0 Å². The highest BCUT2D eigenvalue weighted by Crippen LogP contribution is 2.25. The van der Waals surface area contributed by atoms with Gasteiger partial charge < -0.3 is 13.9 Å². The fraction of sp³-hybridized carbons (Fsp3) is 0.222. The summed E-state index contributed by atoms with van der Waals surface area (Å²) in [5, 5.41) is 11.2. The number of benzene rings is 2. The summed E-state index contributed by atoms with van der Waals surface area (Å²) in [6.07, 6.45) is 5.86. The lowest BCUT2D eigenvalue weighted by atomic mass is 10.2. The molecule has 0 saturated carbocycles. The van der Waals surface area contributed by atoms with Crippen molar-refractivity contribution in [3.05, 3.63) is 106 Å². The molecule has 0 spiro atoms. The number of carbonyl (C=O) groups excluding carboxylic acids is 1. The highest BCUT2D eigenvalue weighted by atomic mass is 16.6. The lowest BCUT2D eigenvalue weighted by Gasteiger charge is -2.34. The summed E-state index contributed by atoms with van der Waals surface area (Å²) in [6, 6.07) is 20.3. The molecule has 0 radical (unpaired) electrons. The van der Waals surface area contributed by atoms with Gasteiger partial charge in [0.25, 0.3) is 11.6 Å². The van der Waals surface area contributed by atoms with E-state index in [4.69, 9.17) is 4.42 Å². The van der Waals surface area contributed by atoms with Crippen LogP contribution in [0.25, 0.3) is 17.2 Å². The van der Waals surface area contributed by atoms with Crippen LogP contribution < -0.4 is 0 Å². The number of aromatic nitrogens is 1. The number of fused-ring (bicyclic) bond motifs is 1. The van der Waals surface area contributed by atoms with Gasteiger partial charge in [-0.2, -0.15) is 0 Å². The molecule has 0 bridgehead atoms. The second-order valence-electron chi connectivity index (χ2n) is 8.62. The Kier molecular flexibility index (Phi) is 6.45. The molecular formula is C27H26N4O4. The lowest BCUT2D eigenvalue weighted by Crippen LogP contribution is -2.49. The summed E-state index contributed by atoms with van der Waals surface area (Å²) in [7, 11) is 0. The molecule has 2 aromatic heterocycles. The second-order valence-corrected chi connectivity index (χ2v) is 8.62. The second kappa shape index (κ2) is 9.99. The third kappa shape index (κ3) is 5.02. The van der Waals surface area contributed by atoms with Gasteiger partial charge in [0, 0.05) is 63.5 Å². The predicted octanol–water partition coefficient (Wildman–Crippen LogP) is 4.66. The number of hydrogen-bond donors (Lipinski definition) is 0. The average molecular weight is 471 g/mol. The van der Waals surface area contributed by atoms with Crippen LogP contribution in [-0.4, -0.2) is 57.9 Å². The molecule has 5 rings (SSSR count). The predicted molar refractivity (Wildman–Crippen MR) is 134 cm³/mol. The summed E-state index contributed by atoms with van der Waals surface area (Å²) in [4.78, 5) is 28.5. The first-order chi connectivity index (χ1) is 17.1. The molecule has 1 aliphatic heterocycles. The van der Waals surface area contributed by atoms with Gasteiger partial charge in [-0.25, -0.2) is 0 Å². The fourth-order valence-electron chi connectivity index (χ4n) is 4.47. The quantitative estimate of drug-likeness (QED) is 0.290. The monoisotopic (exact) mass is 470 g/mol. The van der Waals surface area contributed by atoms with Crippen molar-refractivity contribution < 1.29 is 14.1 Å². The van der Waals surface area contributed by atoms with Gasteiger partial charge in [-0.3, -0.25) is 19.8 Å². The Morgan fingerprint density at radius 3 is 2.57 bits per heavy atom. The number of nitrogens with zero attached hydrogens (tertiary/aromatic N) is 4. The molecule has 1 aliphatic rings. The molecule has 8 heteroatoms. The first kappa shape index (κ1) is 22.6. The molecule has 4 aromatic rings. The zero-order chi connectivity index (χ0) is 24.2. The van der Waals surface area contributed by atoms with Gasteiger partial charge >= 0.3 is 0 Å². The molecule has 0 aliphatic carbocycles. The minimum absolute atomic E-state index is 0.0309. The molecule has 3 heterocycles. The molecule has 0 N–H and O–H groups in total. The molecule has 35 heavy (non-hydrogen) atoms. The van der Waals surface area contributed by atoms with Crippen LogP contribution in [0.1, 0.15) is 21.6 Å². The third-order valence-electron chi connectivity index (χ3n) is 6.34. The minimum Gasteiger partial charge on any atom is -0.463 e. The van der Waals surface area contributed by atoms with E-state index in [1.165, 1.54) is 11.6 Å². The van der Waals surface area contributed by atoms with E-state index in [9.17, 15) is 14.9 Å². The van der Waals surface area contributed by atoms with E-state index >= 15 is 0 Å². The summed E-state index contributed by atoms with van der Waals surface area (Å²) in [6.45, 7) is 4.06. The zero-order valence-corrected chi connectivity index (χ0v) is 19.2. The van der Waals surface area contributed by atoms with Crippen LogP contribution in [0.15, 0.2) is 83.5 Å². The normalized spacial score (nSPS) is 14.7. The standard InChI is InChI=1S/C27H26N4O4/c32-27(29-15-13-28(14-16-29)12-5-9-21-6-2-1-3-7-21)25-19-26-24(11-17-35-26)30(25)20-22-8-4-10-23(18-22)31(33)34/h1-11,17-19H,12-16,20H2/b9-5+. The smallest absolute Gasteiger partial charge is 0.270 e. The number of carbonyl (C=O) groups is 1. The van der Waals surface area contributed by atoms with Gasteiger partial charge in [0.05, 0.1) is 16.7 Å². The Morgan fingerprint density at radius 1 is 1.00 bits per heavy atom. The Morgan fingerprint density at radius 2 is 1.80 bits per heavy atom. The average Bonchev–Trinajstić information content (AvgIpc) is 3.47. The Bertz CT molecular complexity index is 1360. The van der Waals surface area contributed by atoms with Gasteiger partial charge in [-0.1, -0.05) is 54.6 Å². The maximum Gasteiger partial charge on any atom is 0.270 e. The first-order valence-electron chi connectivity index (χ1n) is 11.6. The van der Waals surface area contributed by atoms with Gasteiger partial charge in [0.15, 0.2) is 5.58 Å². The molecule has 8 nitrogen and oxygen atoms in total. The van der Waals surface area contributed by atoms with Crippen molar-refractivity contribution in [3.63, 3.8) is 0 Å². The third-order valence-corrected chi connectivity index (χ3v) is 6.34. The van der Waals surface area contributed by atoms with Crippen molar-refractivity contribution in [3.8, 4) is 0 Å². The van der Waals surface area contributed by atoms with Crippen LogP contribution in [0.2, 0.25) is 0 Å². The van der Waals surface area contributed by atoms with E-state index in [1.54, 1.807) is 24.5 Å². The van der Waals surface area contributed by atoms with E-state index in [0.717, 1.165) is 30.7 Å². The molecule has 178 valence electrons.